The lowest BCUT2D eigenvalue weighted by atomic mass is 9.93. The molecule has 2 aromatic heterocycles. The highest BCUT2D eigenvalue weighted by Crippen LogP contribution is 2.35. The van der Waals surface area contributed by atoms with Crippen LogP contribution in [0.5, 0.6) is 0 Å². The number of imidazole rings is 1. The molecule has 1 unspecified atom stereocenters. The van der Waals surface area contributed by atoms with Gasteiger partial charge in [-0.1, -0.05) is 44.2 Å². The van der Waals surface area contributed by atoms with Gasteiger partial charge in [-0.3, -0.25) is 4.79 Å². The first kappa shape index (κ1) is 23.1. The molecule has 0 bridgehead atoms. The van der Waals surface area contributed by atoms with E-state index < -0.39 is 5.60 Å². The molecule has 4 rings (SSSR count). The second-order valence-corrected chi connectivity index (χ2v) is 9.12. The predicted molar refractivity (Wildman–Crippen MR) is 125 cm³/mol. The smallest absolute Gasteiger partial charge is 0.160 e. The quantitative estimate of drug-likeness (QED) is 0.542. The molecule has 1 saturated carbocycles. The third kappa shape index (κ3) is 5.59. The van der Waals surface area contributed by atoms with Gasteiger partial charge in [0.05, 0.1) is 5.69 Å². The van der Waals surface area contributed by atoms with Crippen LogP contribution in [0, 0.1) is 6.92 Å². The minimum absolute atomic E-state index is 0.344. The van der Waals surface area contributed by atoms with E-state index in [-0.39, 0.29) is 0 Å². The Morgan fingerprint density at radius 3 is 2.39 bits per heavy atom. The first-order chi connectivity index (χ1) is 14.7. The molecule has 0 aliphatic heterocycles. The number of pyridine rings is 1. The largest absolute Gasteiger partial charge is 0.384 e. The zero-order valence-corrected chi connectivity index (χ0v) is 19.4. The van der Waals surface area contributed by atoms with E-state index in [0.717, 1.165) is 17.0 Å². The highest BCUT2D eigenvalue weighted by atomic mass is 16.3. The van der Waals surface area contributed by atoms with E-state index in [9.17, 15) is 9.90 Å². The molecule has 1 aliphatic carbocycles. The lowest BCUT2D eigenvalue weighted by Crippen LogP contribution is -2.20. The van der Waals surface area contributed by atoms with Crippen LogP contribution in [0.3, 0.4) is 0 Å². The number of aliphatic hydroxyl groups is 1. The van der Waals surface area contributed by atoms with Crippen molar-refractivity contribution in [1.82, 2.24) is 14.5 Å². The summed E-state index contributed by atoms with van der Waals surface area (Å²) in [6.07, 6.45) is 5.02. The van der Waals surface area contributed by atoms with Gasteiger partial charge in [-0.05, 0) is 63.6 Å². The molecule has 0 spiro atoms. The maximum absolute atomic E-state index is 11.2. The number of Topliss-reactive ketones (excluding diaryl/α,β-unsaturated/α-hetero) is 1. The van der Waals surface area contributed by atoms with Crippen molar-refractivity contribution in [3.8, 4) is 0 Å². The Bertz CT molecular complexity index is 1010. The summed E-state index contributed by atoms with van der Waals surface area (Å²) in [7, 11) is 0. The third-order valence-corrected chi connectivity index (χ3v) is 6.08. The van der Waals surface area contributed by atoms with Crippen LogP contribution < -0.4 is 0 Å². The minimum Gasteiger partial charge on any atom is -0.384 e. The molecule has 2 heterocycles. The van der Waals surface area contributed by atoms with Crippen molar-refractivity contribution in [2.24, 2.45) is 0 Å². The number of fused-ring (bicyclic) bond motifs is 1. The van der Waals surface area contributed by atoms with Crippen LogP contribution in [-0.4, -0.2) is 25.4 Å². The van der Waals surface area contributed by atoms with E-state index in [1.165, 1.54) is 24.8 Å². The molecule has 0 amide bonds. The second-order valence-electron chi connectivity index (χ2n) is 9.12. The molecule has 1 fully saturated rings. The van der Waals surface area contributed by atoms with Crippen LogP contribution >= 0.6 is 0 Å². The van der Waals surface area contributed by atoms with Gasteiger partial charge in [0.1, 0.15) is 22.7 Å². The van der Waals surface area contributed by atoms with E-state index in [4.69, 9.17) is 0 Å². The van der Waals surface area contributed by atoms with Gasteiger partial charge in [-0.25, -0.2) is 9.97 Å². The van der Waals surface area contributed by atoms with Crippen LogP contribution in [0.1, 0.15) is 88.8 Å². The second kappa shape index (κ2) is 9.73. The summed E-state index contributed by atoms with van der Waals surface area (Å²) in [5.74, 6) is 1.72. The predicted octanol–water partition coefficient (Wildman–Crippen LogP) is 5.85. The molecular formula is C26H35N3O2. The summed E-state index contributed by atoms with van der Waals surface area (Å²) >= 11 is 0. The van der Waals surface area contributed by atoms with Gasteiger partial charge < -0.3 is 9.67 Å². The van der Waals surface area contributed by atoms with Crippen molar-refractivity contribution >= 4 is 16.9 Å². The summed E-state index contributed by atoms with van der Waals surface area (Å²) in [5.41, 5.74) is 2.89. The number of rotatable bonds is 6. The fourth-order valence-corrected chi connectivity index (χ4v) is 3.90. The maximum atomic E-state index is 11.2. The van der Waals surface area contributed by atoms with Crippen molar-refractivity contribution in [1.29, 1.82) is 0 Å². The molecule has 5 heteroatoms. The van der Waals surface area contributed by atoms with Crippen molar-refractivity contribution < 1.29 is 9.90 Å². The number of carbonyl (C=O) groups is 1. The van der Waals surface area contributed by atoms with Gasteiger partial charge >= 0.3 is 0 Å². The lowest BCUT2D eigenvalue weighted by Gasteiger charge is -2.28. The Hall–Kier alpha value is -2.53. The monoisotopic (exact) mass is 421 g/mol. The van der Waals surface area contributed by atoms with Crippen molar-refractivity contribution in [2.75, 3.05) is 0 Å². The summed E-state index contributed by atoms with van der Waals surface area (Å²) < 4.78 is 2.23. The molecule has 0 radical (unpaired) electrons. The molecule has 1 N–H and O–H groups in total. The van der Waals surface area contributed by atoms with Gasteiger partial charge in [-0.2, -0.15) is 0 Å². The maximum Gasteiger partial charge on any atom is 0.160 e. The SMILES string of the molecule is CCC(=O)CC(C)c1ccccc1.Cc1nc2ccc(C(C)(C)O)nc2n1C1CCC1. The number of carbonyl (C=O) groups excluding carboxylic acids is 1. The molecule has 1 atom stereocenters. The Labute approximate surface area is 185 Å². The average Bonchev–Trinajstić information content (AvgIpc) is 3.02. The normalized spacial score (nSPS) is 15.2. The zero-order valence-electron chi connectivity index (χ0n) is 19.4. The molecule has 1 aliphatic rings. The molecular weight excluding hydrogens is 386 g/mol. The average molecular weight is 422 g/mol. The van der Waals surface area contributed by atoms with Gasteiger partial charge in [0.25, 0.3) is 0 Å². The van der Waals surface area contributed by atoms with Gasteiger partial charge in [0.2, 0.25) is 0 Å². The summed E-state index contributed by atoms with van der Waals surface area (Å²) in [6, 6.07) is 14.5. The summed E-state index contributed by atoms with van der Waals surface area (Å²) in [5, 5.41) is 10.1. The van der Waals surface area contributed by atoms with Crippen LogP contribution in [0.2, 0.25) is 0 Å². The Morgan fingerprint density at radius 1 is 1.16 bits per heavy atom. The zero-order chi connectivity index (χ0) is 22.6. The fourth-order valence-electron chi connectivity index (χ4n) is 3.90. The van der Waals surface area contributed by atoms with E-state index in [1.807, 2.05) is 44.2 Å². The summed E-state index contributed by atoms with van der Waals surface area (Å²) in [4.78, 5) is 20.4. The Morgan fingerprint density at radius 2 is 1.84 bits per heavy atom. The Kier molecular flexibility index (Phi) is 7.26. The van der Waals surface area contributed by atoms with Crippen molar-refractivity contribution in [2.45, 2.75) is 84.3 Å². The first-order valence-corrected chi connectivity index (χ1v) is 11.4. The van der Waals surface area contributed by atoms with Crippen molar-refractivity contribution in [3.63, 3.8) is 0 Å². The van der Waals surface area contributed by atoms with Crippen LogP contribution in [0.4, 0.5) is 0 Å². The van der Waals surface area contributed by atoms with E-state index >= 15 is 0 Å². The standard InChI is InChI=1S/C14H19N3O.C12H16O/c1-9-15-11-7-8-12(14(2,3)18)16-13(11)17(9)10-5-4-6-10;1-3-12(13)9-10(2)11-7-5-4-6-8-11/h7-8,10,18H,4-6H2,1-3H3;4-8,10H,3,9H2,1-2H3. The molecule has 1 aromatic carbocycles. The Balaban J connectivity index is 0.000000187. The molecule has 5 nitrogen and oxygen atoms in total. The third-order valence-electron chi connectivity index (χ3n) is 6.08. The topological polar surface area (TPSA) is 68.0 Å². The van der Waals surface area contributed by atoms with Crippen molar-refractivity contribution in [3.05, 3.63) is 59.5 Å². The highest BCUT2D eigenvalue weighted by molar-refractivity contribution is 5.78. The van der Waals surface area contributed by atoms with Gasteiger partial charge in [-0.15, -0.1) is 0 Å². The fraction of sp³-hybridized carbons (Fsp3) is 0.500. The van der Waals surface area contributed by atoms with Gasteiger partial charge in [0.15, 0.2) is 5.65 Å². The number of hydrogen-bond acceptors (Lipinski definition) is 4. The molecule has 0 saturated heterocycles. The number of hydrogen-bond donors (Lipinski definition) is 1. The number of ketones is 1. The lowest BCUT2D eigenvalue weighted by molar-refractivity contribution is -0.119. The molecule has 3 aromatic rings. The minimum atomic E-state index is -0.906. The van der Waals surface area contributed by atoms with E-state index in [2.05, 4.69) is 33.6 Å². The van der Waals surface area contributed by atoms with Crippen LogP contribution in [0.15, 0.2) is 42.5 Å². The van der Waals surface area contributed by atoms with Crippen LogP contribution in [-0.2, 0) is 10.4 Å². The van der Waals surface area contributed by atoms with E-state index in [1.54, 1.807) is 13.8 Å². The first-order valence-electron chi connectivity index (χ1n) is 11.4. The molecule has 31 heavy (non-hydrogen) atoms. The number of nitrogens with zero attached hydrogens (tertiary/aromatic N) is 3. The van der Waals surface area contributed by atoms with E-state index in [0.29, 0.717) is 36.3 Å². The van der Waals surface area contributed by atoms with Gasteiger partial charge in [0, 0.05) is 18.9 Å². The summed E-state index contributed by atoms with van der Waals surface area (Å²) in [6.45, 7) is 9.57. The van der Waals surface area contributed by atoms with Crippen LogP contribution in [0.25, 0.3) is 11.2 Å². The number of aromatic nitrogens is 3. The number of benzene rings is 1. The highest BCUT2D eigenvalue weighted by Gasteiger charge is 2.25. The number of aryl methyl sites for hydroxylation is 1. The molecule has 166 valence electrons.